The Kier molecular flexibility index (Phi) is 6.97. The first-order chi connectivity index (χ1) is 18.5. The summed E-state index contributed by atoms with van der Waals surface area (Å²) in [6, 6.07) is 4.00. The summed E-state index contributed by atoms with van der Waals surface area (Å²) in [4.78, 5) is 31.5. The second kappa shape index (κ2) is 9.99. The summed E-state index contributed by atoms with van der Waals surface area (Å²) >= 11 is 6.69. The Hall–Kier alpha value is -3.36. The lowest BCUT2D eigenvalue weighted by Crippen LogP contribution is -2.57. The van der Waals surface area contributed by atoms with Gasteiger partial charge in [-0.25, -0.2) is 14.8 Å². The third-order valence-corrected chi connectivity index (χ3v) is 7.98. The third-order valence-electron chi connectivity index (χ3n) is 7.67. The van der Waals surface area contributed by atoms with Gasteiger partial charge in [-0.2, -0.15) is 10.2 Å². The molecule has 0 amide bonds. The molecule has 3 atom stereocenters. The van der Waals surface area contributed by atoms with Crippen molar-refractivity contribution in [2.45, 2.75) is 78.2 Å². The van der Waals surface area contributed by atoms with Crippen molar-refractivity contribution in [3.8, 4) is 17.7 Å². The number of imidazole rings is 1. The molecule has 0 aromatic carbocycles. The number of piperazine rings is 1. The molecule has 5 heterocycles. The van der Waals surface area contributed by atoms with Crippen LogP contribution in [-0.4, -0.2) is 66.4 Å². The molecular formula is C27H35ClN8O3. The molecule has 0 N–H and O–H groups in total. The number of fused-ring (bicyclic) bond motifs is 2. The van der Waals surface area contributed by atoms with Crippen molar-refractivity contribution in [3.63, 3.8) is 0 Å². The molecule has 0 radical (unpaired) electrons. The minimum absolute atomic E-state index is 0.0209. The van der Waals surface area contributed by atoms with Gasteiger partial charge in [-0.15, -0.1) is 0 Å². The normalized spacial score (nSPS) is 21.7. The number of pyridine rings is 1. The van der Waals surface area contributed by atoms with Gasteiger partial charge in [0.15, 0.2) is 11.6 Å². The van der Waals surface area contributed by atoms with Crippen molar-refractivity contribution < 1.29 is 9.47 Å². The van der Waals surface area contributed by atoms with Gasteiger partial charge in [0, 0.05) is 44.8 Å². The molecule has 0 aliphatic carbocycles. The topological polar surface area (TPSA) is 114 Å². The van der Waals surface area contributed by atoms with Crippen molar-refractivity contribution in [1.29, 1.82) is 5.26 Å². The van der Waals surface area contributed by atoms with E-state index in [2.05, 4.69) is 41.6 Å². The summed E-state index contributed by atoms with van der Waals surface area (Å²) in [5.74, 6) is 2.21. The van der Waals surface area contributed by atoms with Gasteiger partial charge in [-0.05, 0) is 41.5 Å². The summed E-state index contributed by atoms with van der Waals surface area (Å²) < 4.78 is 15.4. The number of nitrogens with zero attached hydrogens (tertiary/aromatic N) is 8. The fourth-order valence-corrected chi connectivity index (χ4v) is 5.95. The van der Waals surface area contributed by atoms with Crippen LogP contribution in [-0.2, 0) is 20.0 Å². The number of anilines is 1. The summed E-state index contributed by atoms with van der Waals surface area (Å²) in [7, 11) is 1.70. The van der Waals surface area contributed by atoms with E-state index < -0.39 is 5.60 Å². The first-order valence-electron chi connectivity index (χ1n) is 13.3. The summed E-state index contributed by atoms with van der Waals surface area (Å²) in [5, 5.41) is 9.88. The third kappa shape index (κ3) is 4.70. The zero-order valence-corrected chi connectivity index (χ0v) is 24.3. The molecule has 3 aromatic rings. The van der Waals surface area contributed by atoms with E-state index in [9.17, 15) is 10.1 Å². The summed E-state index contributed by atoms with van der Waals surface area (Å²) in [5.41, 5.74) is 1.25. The Labute approximate surface area is 232 Å². The number of rotatable bonds is 5. The molecule has 12 heteroatoms. The maximum Gasteiger partial charge on any atom is 0.350 e. The maximum atomic E-state index is 12.9. The van der Waals surface area contributed by atoms with Crippen LogP contribution in [0.2, 0.25) is 5.02 Å². The highest BCUT2D eigenvalue weighted by Crippen LogP contribution is 2.40. The molecule has 1 saturated heterocycles. The molecular weight excluding hydrogens is 520 g/mol. The molecule has 0 saturated carbocycles. The standard InChI is InChI=1S/C27H35ClN8O3/c1-8-34-20(9-10-29)30-22-23(32-26(37)33(7)25(22)34)36-13-15(2)35(12-16(36)3)17(4)21-18(28)11-19-24(31-21)39-27(5,6)14-38-19/h11,15-17H,8-9,12-14H2,1-7H3/t15-,16+,17?/m1/s1. The summed E-state index contributed by atoms with van der Waals surface area (Å²) in [6.07, 6.45) is 0.161. The summed E-state index contributed by atoms with van der Waals surface area (Å²) in [6.45, 7) is 14.6. The van der Waals surface area contributed by atoms with E-state index >= 15 is 0 Å². The predicted molar refractivity (Wildman–Crippen MR) is 149 cm³/mol. The van der Waals surface area contributed by atoms with Crippen molar-refractivity contribution in [3.05, 3.63) is 33.1 Å². The van der Waals surface area contributed by atoms with Crippen LogP contribution in [0.3, 0.4) is 0 Å². The molecule has 208 valence electrons. The van der Waals surface area contributed by atoms with Gasteiger partial charge in [-0.3, -0.25) is 9.47 Å². The van der Waals surface area contributed by atoms with Gasteiger partial charge >= 0.3 is 5.69 Å². The second-order valence-corrected chi connectivity index (χ2v) is 11.5. The lowest BCUT2D eigenvalue weighted by molar-refractivity contribution is 0.0153. The number of hydrogen-bond donors (Lipinski definition) is 0. The molecule has 1 unspecified atom stereocenters. The first-order valence-corrected chi connectivity index (χ1v) is 13.7. The Morgan fingerprint density at radius 3 is 2.67 bits per heavy atom. The number of aryl methyl sites for hydroxylation is 2. The van der Waals surface area contributed by atoms with Gasteiger partial charge in [0.2, 0.25) is 0 Å². The van der Waals surface area contributed by atoms with Crippen molar-refractivity contribution in [2.75, 3.05) is 24.6 Å². The molecule has 0 bridgehead atoms. The van der Waals surface area contributed by atoms with E-state index in [1.165, 1.54) is 4.57 Å². The molecule has 2 aliphatic heterocycles. The highest BCUT2D eigenvalue weighted by atomic mass is 35.5. The SMILES string of the molecule is CCn1c(CC#N)nc2c(N3C[C@@H](C)N(C(C)c4nc5c(cc4Cl)OCC(C)(C)O5)C[C@@H]3C)nc(=O)n(C)c21. The average molecular weight is 555 g/mol. The smallest absolute Gasteiger partial charge is 0.350 e. The lowest BCUT2D eigenvalue weighted by Gasteiger charge is -2.47. The minimum atomic E-state index is -0.468. The number of nitriles is 1. The molecule has 11 nitrogen and oxygen atoms in total. The molecule has 0 spiro atoms. The van der Waals surface area contributed by atoms with Crippen molar-refractivity contribution in [2.24, 2.45) is 7.05 Å². The van der Waals surface area contributed by atoms with E-state index in [-0.39, 0.29) is 30.2 Å². The fraction of sp³-hybridized carbons (Fsp3) is 0.593. The van der Waals surface area contributed by atoms with Crippen LogP contribution in [0.5, 0.6) is 11.6 Å². The average Bonchev–Trinajstić information content (AvgIpc) is 3.25. The van der Waals surface area contributed by atoms with Gasteiger partial charge in [0.1, 0.15) is 29.2 Å². The van der Waals surface area contributed by atoms with E-state index in [1.54, 1.807) is 13.1 Å². The molecule has 5 rings (SSSR count). The molecule has 3 aromatic heterocycles. The van der Waals surface area contributed by atoms with Crippen molar-refractivity contribution in [1.82, 2.24) is 29.0 Å². The molecule has 39 heavy (non-hydrogen) atoms. The van der Waals surface area contributed by atoms with E-state index in [0.29, 0.717) is 65.7 Å². The molecule has 2 aliphatic rings. The van der Waals surface area contributed by atoms with Crippen LogP contribution in [0.15, 0.2) is 10.9 Å². The van der Waals surface area contributed by atoms with E-state index in [0.717, 1.165) is 5.69 Å². The zero-order valence-electron chi connectivity index (χ0n) is 23.5. The van der Waals surface area contributed by atoms with Gasteiger partial charge in [0.25, 0.3) is 5.88 Å². The van der Waals surface area contributed by atoms with Crippen LogP contribution in [0, 0.1) is 11.3 Å². The van der Waals surface area contributed by atoms with Gasteiger partial charge in [0.05, 0.1) is 29.2 Å². The predicted octanol–water partition coefficient (Wildman–Crippen LogP) is 3.47. The first kappa shape index (κ1) is 27.2. The lowest BCUT2D eigenvalue weighted by atomic mass is 10.0. The number of hydrogen-bond acceptors (Lipinski definition) is 9. The highest BCUT2D eigenvalue weighted by molar-refractivity contribution is 6.31. The Balaban J connectivity index is 1.47. The number of ether oxygens (including phenoxy) is 2. The van der Waals surface area contributed by atoms with E-state index in [1.807, 2.05) is 25.3 Å². The minimum Gasteiger partial charge on any atom is -0.484 e. The fourth-order valence-electron chi connectivity index (χ4n) is 5.65. The van der Waals surface area contributed by atoms with Crippen molar-refractivity contribution >= 4 is 28.6 Å². The van der Waals surface area contributed by atoms with Crippen LogP contribution in [0.4, 0.5) is 5.82 Å². The Bertz CT molecular complexity index is 1520. The highest BCUT2D eigenvalue weighted by Gasteiger charge is 2.37. The van der Waals surface area contributed by atoms with Crippen LogP contribution in [0.1, 0.15) is 59.1 Å². The monoisotopic (exact) mass is 554 g/mol. The number of halogens is 1. The zero-order chi connectivity index (χ0) is 28.2. The van der Waals surface area contributed by atoms with Crippen LogP contribution >= 0.6 is 11.6 Å². The maximum absolute atomic E-state index is 12.9. The second-order valence-electron chi connectivity index (χ2n) is 11.1. The van der Waals surface area contributed by atoms with Gasteiger partial charge in [-0.1, -0.05) is 11.6 Å². The number of aromatic nitrogens is 5. The quantitative estimate of drug-likeness (QED) is 0.467. The Morgan fingerprint density at radius 2 is 1.97 bits per heavy atom. The van der Waals surface area contributed by atoms with Gasteiger partial charge < -0.3 is 18.9 Å². The largest absolute Gasteiger partial charge is 0.484 e. The van der Waals surface area contributed by atoms with E-state index in [4.69, 9.17) is 31.0 Å². The Morgan fingerprint density at radius 1 is 1.23 bits per heavy atom. The molecule has 1 fully saturated rings. The van der Waals surface area contributed by atoms with Crippen LogP contribution in [0.25, 0.3) is 11.2 Å². The van der Waals surface area contributed by atoms with Crippen LogP contribution < -0.4 is 20.1 Å².